The molecule has 80 valence electrons. The van der Waals surface area contributed by atoms with E-state index in [1.807, 2.05) is 23.7 Å². The smallest absolute Gasteiger partial charge is 0.133 e. The van der Waals surface area contributed by atoms with Crippen LogP contribution in [0.15, 0.2) is 24.4 Å². The molecule has 0 aliphatic rings. The number of alkyl halides is 1. The standard InChI is InChI=1S/C10H11ClN2O2/c1-15-6-2-3-9-7(4-6)8(5-12-9)10(11)13-14/h2-5,10,12-14H,1H3. The van der Waals surface area contributed by atoms with E-state index in [0.29, 0.717) is 0 Å². The van der Waals surface area contributed by atoms with Gasteiger partial charge in [0.25, 0.3) is 0 Å². The van der Waals surface area contributed by atoms with Crippen molar-refractivity contribution in [3.63, 3.8) is 0 Å². The summed E-state index contributed by atoms with van der Waals surface area (Å²) in [5, 5.41) is 9.69. The second kappa shape index (κ2) is 4.10. The van der Waals surface area contributed by atoms with Gasteiger partial charge in [0.05, 0.1) is 7.11 Å². The number of nitrogens with one attached hydrogen (secondary N) is 2. The lowest BCUT2D eigenvalue weighted by Gasteiger charge is -2.05. The summed E-state index contributed by atoms with van der Waals surface area (Å²) in [4.78, 5) is 3.06. The van der Waals surface area contributed by atoms with Crippen LogP contribution in [-0.2, 0) is 0 Å². The maximum absolute atomic E-state index is 8.77. The summed E-state index contributed by atoms with van der Waals surface area (Å²) in [6.07, 6.45) is 1.75. The number of fused-ring (bicyclic) bond motifs is 1. The molecule has 1 aromatic carbocycles. The highest BCUT2D eigenvalue weighted by Gasteiger charge is 2.12. The third-order valence-electron chi connectivity index (χ3n) is 2.31. The second-order valence-electron chi connectivity index (χ2n) is 3.15. The van der Waals surface area contributed by atoms with Crippen molar-refractivity contribution in [2.45, 2.75) is 5.50 Å². The van der Waals surface area contributed by atoms with E-state index in [4.69, 9.17) is 21.5 Å². The monoisotopic (exact) mass is 226 g/mol. The molecule has 0 aliphatic carbocycles. The normalized spacial score (nSPS) is 13.0. The Morgan fingerprint density at radius 1 is 1.53 bits per heavy atom. The summed E-state index contributed by atoms with van der Waals surface area (Å²) in [5.74, 6) is 0.755. The number of hydrogen-bond acceptors (Lipinski definition) is 3. The summed E-state index contributed by atoms with van der Waals surface area (Å²) in [6.45, 7) is 0. The molecule has 2 aromatic rings. The molecule has 0 amide bonds. The average molecular weight is 227 g/mol. The summed E-state index contributed by atoms with van der Waals surface area (Å²) in [5.41, 5.74) is 3.10. The molecule has 0 saturated carbocycles. The third kappa shape index (κ3) is 1.79. The number of hydroxylamine groups is 1. The van der Waals surface area contributed by atoms with Gasteiger partial charge in [-0.05, 0) is 18.2 Å². The lowest BCUT2D eigenvalue weighted by molar-refractivity contribution is 0.155. The molecule has 5 heteroatoms. The fraction of sp³-hybridized carbons (Fsp3) is 0.200. The lowest BCUT2D eigenvalue weighted by atomic mass is 10.1. The minimum absolute atomic E-state index is 0.633. The van der Waals surface area contributed by atoms with Gasteiger partial charge >= 0.3 is 0 Å². The van der Waals surface area contributed by atoms with Gasteiger partial charge in [0.1, 0.15) is 11.3 Å². The molecule has 0 radical (unpaired) electrons. The van der Waals surface area contributed by atoms with Crippen molar-refractivity contribution in [1.82, 2.24) is 10.5 Å². The molecule has 4 nitrogen and oxygen atoms in total. The molecular formula is C10H11ClN2O2. The van der Waals surface area contributed by atoms with E-state index >= 15 is 0 Å². The Morgan fingerprint density at radius 2 is 2.33 bits per heavy atom. The lowest BCUT2D eigenvalue weighted by Crippen LogP contribution is -2.10. The van der Waals surface area contributed by atoms with Crippen molar-refractivity contribution in [2.24, 2.45) is 0 Å². The van der Waals surface area contributed by atoms with Crippen LogP contribution in [0.4, 0.5) is 0 Å². The highest BCUT2D eigenvalue weighted by molar-refractivity contribution is 6.21. The second-order valence-corrected chi connectivity index (χ2v) is 3.58. The number of hydrogen-bond donors (Lipinski definition) is 3. The van der Waals surface area contributed by atoms with E-state index in [9.17, 15) is 0 Å². The first-order chi connectivity index (χ1) is 7.26. The van der Waals surface area contributed by atoms with Crippen LogP contribution >= 0.6 is 11.6 Å². The molecule has 0 saturated heterocycles. The first-order valence-electron chi connectivity index (χ1n) is 4.45. The van der Waals surface area contributed by atoms with E-state index in [1.54, 1.807) is 13.3 Å². The molecule has 0 aliphatic heterocycles. The fourth-order valence-electron chi connectivity index (χ4n) is 1.53. The number of halogens is 1. The quantitative estimate of drug-likeness (QED) is 0.428. The fourth-order valence-corrected chi connectivity index (χ4v) is 1.71. The van der Waals surface area contributed by atoms with Crippen molar-refractivity contribution >= 4 is 22.5 Å². The Balaban J connectivity index is 2.56. The molecule has 0 fully saturated rings. The highest BCUT2D eigenvalue weighted by atomic mass is 35.5. The molecular weight excluding hydrogens is 216 g/mol. The Bertz CT molecular complexity index is 469. The zero-order valence-corrected chi connectivity index (χ0v) is 8.88. The number of aromatic amines is 1. The number of benzene rings is 1. The van der Waals surface area contributed by atoms with Gasteiger partial charge in [0.2, 0.25) is 0 Å². The maximum Gasteiger partial charge on any atom is 0.133 e. The molecule has 15 heavy (non-hydrogen) atoms. The van der Waals surface area contributed by atoms with Crippen LogP contribution in [0, 0.1) is 0 Å². The van der Waals surface area contributed by atoms with Crippen LogP contribution in [0.3, 0.4) is 0 Å². The minimum atomic E-state index is -0.633. The third-order valence-corrected chi connectivity index (χ3v) is 2.64. The Labute approximate surface area is 91.8 Å². The van der Waals surface area contributed by atoms with Gasteiger partial charge in [-0.2, -0.15) is 5.48 Å². The SMILES string of the molecule is COc1ccc2[nH]cc(C(Cl)NO)c2c1. The van der Waals surface area contributed by atoms with Gasteiger partial charge in [-0.1, -0.05) is 11.6 Å². The van der Waals surface area contributed by atoms with Gasteiger partial charge < -0.3 is 14.9 Å². The van der Waals surface area contributed by atoms with Crippen LogP contribution < -0.4 is 10.2 Å². The Morgan fingerprint density at radius 3 is 3.00 bits per heavy atom. The zero-order chi connectivity index (χ0) is 10.8. The van der Waals surface area contributed by atoms with Crippen LogP contribution in [-0.4, -0.2) is 17.3 Å². The minimum Gasteiger partial charge on any atom is -0.497 e. The van der Waals surface area contributed by atoms with Gasteiger partial charge in [-0.3, -0.25) is 0 Å². The molecule has 2 rings (SSSR count). The largest absolute Gasteiger partial charge is 0.497 e. The molecule has 1 atom stereocenters. The van der Waals surface area contributed by atoms with Crippen molar-refractivity contribution in [2.75, 3.05) is 7.11 Å². The zero-order valence-electron chi connectivity index (χ0n) is 8.12. The number of H-pyrrole nitrogens is 1. The summed E-state index contributed by atoms with van der Waals surface area (Å²) in [7, 11) is 1.61. The highest BCUT2D eigenvalue weighted by Crippen LogP contribution is 2.29. The van der Waals surface area contributed by atoms with E-state index < -0.39 is 5.50 Å². The average Bonchev–Trinajstić information content (AvgIpc) is 2.70. The van der Waals surface area contributed by atoms with E-state index in [0.717, 1.165) is 22.2 Å². The van der Waals surface area contributed by atoms with Crippen LogP contribution in [0.1, 0.15) is 11.1 Å². The maximum atomic E-state index is 8.77. The van der Waals surface area contributed by atoms with Crippen molar-refractivity contribution < 1.29 is 9.94 Å². The first kappa shape index (κ1) is 10.3. The Kier molecular flexibility index (Phi) is 2.81. The molecule has 0 bridgehead atoms. The Hall–Kier alpha value is -1.23. The summed E-state index contributed by atoms with van der Waals surface area (Å²) < 4.78 is 5.12. The van der Waals surface area contributed by atoms with Crippen LogP contribution in [0.5, 0.6) is 5.75 Å². The van der Waals surface area contributed by atoms with Gasteiger partial charge in [0, 0.05) is 22.7 Å². The van der Waals surface area contributed by atoms with Crippen molar-refractivity contribution in [3.05, 3.63) is 30.0 Å². The number of rotatable bonds is 3. The van der Waals surface area contributed by atoms with Crippen LogP contribution in [0.2, 0.25) is 0 Å². The number of ether oxygens (including phenoxy) is 1. The predicted molar refractivity (Wildman–Crippen MR) is 58.4 cm³/mol. The summed E-state index contributed by atoms with van der Waals surface area (Å²) >= 11 is 5.88. The van der Waals surface area contributed by atoms with E-state index in [2.05, 4.69) is 4.98 Å². The number of methoxy groups -OCH3 is 1. The van der Waals surface area contributed by atoms with E-state index in [-0.39, 0.29) is 0 Å². The molecule has 1 unspecified atom stereocenters. The first-order valence-corrected chi connectivity index (χ1v) is 4.88. The van der Waals surface area contributed by atoms with Gasteiger partial charge in [0.15, 0.2) is 0 Å². The molecule has 1 heterocycles. The van der Waals surface area contributed by atoms with Crippen LogP contribution in [0.25, 0.3) is 10.9 Å². The summed E-state index contributed by atoms with van der Waals surface area (Å²) in [6, 6.07) is 5.63. The molecule has 0 spiro atoms. The molecule has 3 N–H and O–H groups in total. The van der Waals surface area contributed by atoms with Crippen molar-refractivity contribution in [1.29, 1.82) is 0 Å². The predicted octanol–water partition coefficient (Wildman–Crippen LogP) is 2.39. The number of aromatic nitrogens is 1. The molecule has 1 aromatic heterocycles. The topological polar surface area (TPSA) is 57.3 Å². The van der Waals surface area contributed by atoms with Gasteiger partial charge in [-0.15, -0.1) is 0 Å². The van der Waals surface area contributed by atoms with E-state index in [1.165, 1.54) is 0 Å². The van der Waals surface area contributed by atoms with Gasteiger partial charge in [-0.25, -0.2) is 0 Å². The van der Waals surface area contributed by atoms with Crippen molar-refractivity contribution in [3.8, 4) is 5.75 Å².